The normalized spacial score (nSPS) is 21.6. The van der Waals surface area contributed by atoms with E-state index in [2.05, 4.69) is 39.2 Å². The van der Waals surface area contributed by atoms with Crippen molar-refractivity contribution in [1.82, 2.24) is 14.9 Å². The first-order valence-electron chi connectivity index (χ1n) is 5.87. The Morgan fingerprint density at radius 2 is 2.24 bits per heavy atom. The van der Waals surface area contributed by atoms with Gasteiger partial charge < -0.3 is 9.80 Å². The van der Waals surface area contributed by atoms with Crippen molar-refractivity contribution in [2.75, 3.05) is 37.0 Å². The fourth-order valence-corrected chi connectivity index (χ4v) is 2.06. The summed E-state index contributed by atoms with van der Waals surface area (Å²) in [4.78, 5) is 13.2. The van der Waals surface area contributed by atoms with E-state index in [0.29, 0.717) is 12.0 Å². The first-order valence-corrected chi connectivity index (χ1v) is 5.87. The Morgan fingerprint density at radius 1 is 1.47 bits per heavy atom. The molecule has 17 heavy (non-hydrogen) atoms. The van der Waals surface area contributed by atoms with Gasteiger partial charge >= 0.3 is 0 Å². The van der Waals surface area contributed by atoms with Crippen molar-refractivity contribution in [3.05, 3.63) is 11.8 Å². The molecule has 2 heterocycles. The molecule has 0 radical (unpaired) electrons. The van der Waals surface area contributed by atoms with E-state index in [-0.39, 0.29) is 0 Å². The summed E-state index contributed by atoms with van der Waals surface area (Å²) in [6.07, 6.45) is 1.81. The van der Waals surface area contributed by atoms with Gasteiger partial charge in [0.2, 0.25) is 5.95 Å². The number of aromatic nitrogens is 2. The van der Waals surface area contributed by atoms with E-state index in [1.165, 1.54) is 0 Å². The minimum absolute atomic E-state index is 0.470. The Kier molecular flexibility index (Phi) is 3.44. The van der Waals surface area contributed by atoms with Crippen molar-refractivity contribution in [3.8, 4) is 0 Å². The monoisotopic (exact) mass is 236 g/mol. The highest BCUT2D eigenvalue weighted by Gasteiger charge is 2.22. The molecule has 2 rings (SSSR count). The van der Waals surface area contributed by atoms with Gasteiger partial charge in [-0.05, 0) is 20.9 Å². The van der Waals surface area contributed by atoms with Crippen LogP contribution in [0.15, 0.2) is 6.20 Å². The number of piperazine rings is 1. The van der Waals surface area contributed by atoms with E-state index in [4.69, 9.17) is 5.84 Å². The maximum atomic E-state index is 5.35. The maximum absolute atomic E-state index is 5.35. The predicted octanol–water partition coefficient (Wildman–Crippen LogP) is 0.211. The third kappa shape index (κ3) is 2.48. The van der Waals surface area contributed by atoms with Crippen molar-refractivity contribution in [2.45, 2.75) is 19.9 Å². The molecular weight excluding hydrogens is 216 g/mol. The van der Waals surface area contributed by atoms with Gasteiger partial charge in [0.15, 0.2) is 0 Å². The molecule has 6 nitrogen and oxygen atoms in total. The van der Waals surface area contributed by atoms with Gasteiger partial charge in [0.05, 0.1) is 0 Å². The van der Waals surface area contributed by atoms with Gasteiger partial charge in [-0.15, -0.1) is 0 Å². The molecule has 0 aliphatic carbocycles. The van der Waals surface area contributed by atoms with E-state index in [1.54, 1.807) is 6.20 Å². The highest BCUT2D eigenvalue weighted by Crippen LogP contribution is 2.20. The lowest BCUT2D eigenvalue weighted by Crippen LogP contribution is -2.50. The fraction of sp³-hybridized carbons (Fsp3) is 0.636. The molecule has 0 amide bonds. The second-order valence-electron chi connectivity index (χ2n) is 4.62. The molecule has 3 N–H and O–H groups in total. The summed E-state index contributed by atoms with van der Waals surface area (Å²) < 4.78 is 0. The van der Waals surface area contributed by atoms with Crippen LogP contribution in [-0.4, -0.2) is 47.6 Å². The van der Waals surface area contributed by atoms with Crippen LogP contribution in [0, 0.1) is 6.92 Å². The highest BCUT2D eigenvalue weighted by atomic mass is 15.3. The summed E-state index contributed by atoms with van der Waals surface area (Å²) in [5.41, 5.74) is 3.58. The van der Waals surface area contributed by atoms with Gasteiger partial charge in [-0.3, -0.25) is 5.43 Å². The fourth-order valence-electron chi connectivity index (χ4n) is 2.06. The molecule has 1 aliphatic rings. The molecule has 1 aromatic heterocycles. The number of nitrogens with one attached hydrogen (secondary N) is 1. The molecule has 1 aromatic rings. The predicted molar refractivity (Wildman–Crippen MR) is 68.9 cm³/mol. The molecule has 1 saturated heterocycles. The average molecular weight is 236 g/mol. The lowest BCUT2D eigenvalue weighted by atomic mass is 10.2. The summed E-state index contributed by atoms with van der Waals surface area (Å²) in [6, 6.07) is 0.535. The lowest BCUT2D eigenvalue weighted by Gasteiger charge is -2.38. The number of anilines is 2. The maximum Gasteiger partial charge on any atom is 0.239 e. The Hall–Kier alpha value is -1.40. The SMILES string of the molecule is Cc1cnc(NN)nc1N1CCN(C)C(C)C1. The standard InChI is InChI=1S/C11H20N6/c1-8-6-13-11(15-12)14-10(8)17-5-4-16(3)9(2)7-17/h6,9H,4-5,7,12H2,1-3H3,(H,13,14,15). The second kappa shape index (κ2) is 4.85. The van der Waals surface area contributed by atoms with Crippen molar-refractivity contribution in [2.24, 2.45) is 5.84 Å². The van der Waals surface area contributed by atoms with Gasteiger partial charge in [-0.1, -0.05) is 0 Å². The molecule has 0 aromatic carbocycles. The van der Waals surface area contributed by atoms with E-state index in [0.717, 1.165) is 31.0 Å². The van der Waals surface area contributed by atoms with Crippen molar-refractivity contribution < 1.29 is 0 Å². The molecule has 6 heteroatoms. The molecule has 0 bridgehead atoms. The number of nitrogens with two attached hydrogens (primary N) is 1. The Balaban J connectivity index is 2.21. The van der Waals surface area contributed by atoms with Crippen LogP contribution in [0.25, 0.3) is 0 Å². The summed E-state index contributed by atoms with van der Waals surface area (Å²) in [7, 11) is 2.15. The molecule has 1 atom stereocenters. The van der Waals surface area contributed by atoms with Gasteiger partial charge in [0.25, 0.3) is 0 Å². The van der Waals surface area contributed by atoms with Gasteiger partial charge in [0.1, 0.15) is 5.82 Å². The second-order valence-corrected chi connectivity index (χ2v) is 4.62. The number of rotatable bonds is 2. The van der Waals surface area contributed by atoms with Crippen LogP contribution in [0.1, 0.15) is 12.5 Å². The summed E-state index contributed by atoms with van der Waals surface area (Å²) >= 11 is 0. The number of likely N-dealkylation sites (N-methyl/N-ethyl adjacent to an activating group) is 1. The van der Waals surface area contributed by atoms with Crippen LogP contribution in [0.3, 0.4) is 0 Å². The molecule has 94 valence electrons. The molecule has 1 aliphatic heterocycles. The minimum Gasteiger partial charge on any atom is -0.353 e. The zero-order chi connectivity index (χ0) is 12.4. The number of aryl methyl sites for hydroxylation is 1. The van der Waals surface area contributed by atoms with Gasteiger partial charge in [0, 0.05) is 37.4 Å². The lowest BCUT2D eigenvalue weighted by molar-refractivity contribution is 0.233. The Morgan fingerprint density at radius 3 is 2.88 bits per heavy atom. The molecule has 1 unspecified atom stereocenters. The van der Waals surface area contributed by atoms with Crippen LogP contribution < -0.4 is 16.2 Å². The zero-order valence-electron chi connectivity index (χ0n) is 10.6. The van der Waals surface area contributed by atoms with Crippen LogP contribution in [0.4, 0.5) is 11.8 Å². The molecular formula is C11H20N6. The van der Waals surface area contributed by atoms with Crippen LogP contribution in [0.5, 0.6) is 0 Å². The van der Waals surface area contributed by atoms with E-state index >= 15 is 0 Å². The highest BCUT2D eigenvalue weighted by molar-refractivity contribution is 5.49. The summed E-state index contributed by atoms with van der Waals surface area (Å²) in [5, 5.41) is 0. The Labute approximate surface area is 102 Å². The number of hydrogen-bond acceptors (Lipinski definition) is 6. The largest absolute Gasteiger partial charge is 0.353 e. The van der Waals surface area contributed by atoms with Crippen LogP contribution >= 0.6 is 0 Å². The van der Waals surface area contributed by atoms with Crippen molar-refractivity contribution in [3.63, 3.8) is 0 Å². The summed E-state index contributed by atoms with van der Waals surface area (Å²) in [6.45, 7) is 7.28. The Bertz CT molecular complexity index is 394. The third-order valence-electron chi connectivity index (χ3n) is 3.33. The molecule has 1 fully saturated rings. The number of nitrogen functional groups attached to an aromatic ring is 1. The topological polar surface area (TPSA) is 70.3 Å². The van der Waals surface area contributed by atoms with Gasteiger partial charge in [-0.25, -0.2) is 10.8 Å². The van der Waals surface area contributed by atoms with Gasteiger partial charge in [-0.2, -0.15) is 4.98 Å². The van der Waals surface area contributed by atoms with Crippen LogP contribution in [0.2, 0.25) is 0 Å². The third-order valence-corrected chi connectivity index (χ3v) is 3.33. The first-order chi connectivity index (χ1) is 8.11. The van der Waals surface area contributed by atoms with Crippen molar-refractivity contribution >= 4 is 11.8 Å². The molecule has 0 saturated carbocycles. The minimum atomic E-state index is 0.470. The zero-order valence-corrected chi connectivity index (χ0v) is 10.6. The summed E-state index contributed by atoms with van der Waals surface area (Å²) in [5.74, 6) is 6.80. The number of hydrazine groups is 1. The van der Waals surface area contributed by atoms with E-state index < -0.39 is 0 Å². The van der Waals surface area contributed by atoms with E-state index in [1.807, 2.05) is 6.92 Å². The van der Waals surface area contributed by atoms with E-state index in [9.17, 15) is 0 Å². The first kappa shape index (κ1) is 12.1. The quantitative estimate of drug-likeness (QED) is 0.565. The van der Waals surface area contributed by atoms with Crippen LogP contribution in [-0.2, 0) is 0 Å². The molecule has 0 spiro atoms. The van der Waals surface area contributed by atoms with Crippen molar-refractivity contribution in [1.29, 1.82) is 0 Å². The number of nitrogens with zero attached hydrogens (tertiary/aromatic N) is 4. The number of hydrogen-bond donors (Lipinski definition) is 2. The smallest absolute Gasteiger partial charge is 0.239 e. The average Bonchev–Trinajstić information content (AvgIpc) is 2.33.